The Kier molecular flexibility index (Phi) is 8.87. The van der Waals surface area contributed by atoms with Crippen LogP contribution < -0.4 is 20.7 Å². The lowest BCUT2D eigenvalue weighted by Gasteiger charge is -2.37. The van der Waals surface area contributed by atoms with E-state index in [-0.39, 0.29) is 0 Å². The quantitative estimate of drug-likeness (QED) is 0.107. The van der Waals surface area contributed by atoms with Gasteiger partial charge in [-0.25, -0.2) is 0 Å². The van der Waals surface area contributed by atoms with E-state index in [9.17, 15) is 0 Å². The summed E-state index contributed by atoms with van der Waals surface area (Å²) in [7, 11) is -3.18. The summed E-state index contributed by atoms with van der Waals surface area (Å²) >= 11 is 0. The third-order valence-electron chi connectivity index (χ3n) is 13.1. The normalized spacial score (nSPS) is 11.8. The van der Waals surface area contributed by atoms with Crippen LogP contribution in [0.25, 0.3) is 77.2 Å². The van der Waals surface area contributed by atoms with Crippen LogP contribution in [0.1, 0.15) is 0 Å². The smallest absolute Gasteiger partial charge is 0.180 e. The summed E-state index contributed by atoms with van der Waals surface area (Å²) in [6.07, 6.45) is 0. The fourth-order valence-electron chi connectivity index (χ4n) is 10.5. The van der Waals surface area contributed by atoms with E-state index < -0.39 is 8.07 Å². The fraction of sp³-hybridized carbons (Fsp3) is 0. The Morgan fingerprint density at radius 2 is 0.746 bits per heavy atom. The maximum absolute atomic E-state index is 3.18. The van der Waals surface area contributed by atoms with Crippen LogP contribution >= 0.6 is 0 Å². The van der Waals surface area contributed by atoms with Crippen LogP contribution in [0, 0.1) is 0 Å². The van der Waals surface area contributed by atoms with Gasteiger partial charge in [-0.2, -0.15) is 0 Å². The van der Waals surface area contributed by atoms with Crippen molar-refractivity contribution in [1.82, 2.24) is 9.13 Å². The molecular weight excluding hydrogens is 777 g/mol. The molecule has 0 unspecified atom stereocenters. The molecule has 12 rings (SSSR count). The number of rotatable bonds is 8. The predicted octanol–water partition coefficient (Wildman–Crippen LogP) is 12.6. The van der Waals surface area contributed by atoms with Gasteiger partial charge in [0.2, 0.25) is 0 Å². The zero-order valence-corrected chi connectivity index (χ0v) is 35.6. The van der Waals surface area contributed by atoms with Crippen molar-refractivity contribution in [3.63, 3.8) is 0 Å². The minimum Gasteiger partial charge on any atom is -0.307 e. The number of para-hydroxylation sites is 3. The van der Waals surface area contributed by atoms with Crippen LogP contribution in [0.2, 0.25) is 0 Å². The molecule has 0 bridgehead atoms. The van der Waals surface area contributed by atoms with Crippen LogP contribution in [-0.2, 0) is 0 Å². The molecule has 0 aliphatic carbocycles. The SMILES string of the molecule is c1ccc(-c2ccc3c(c2[Si](c2ccccc2)(c2ccccc2)c2ccccc2)c2c(-c4ccccc4)cccc2n3-c2cccc3c4ccccc4n(-c4ccccc4)c23)cc1. The third-order valence-corrected chi connectivity index (χ3v) is 17.9. The van der Waals surface area contributed by atoms with E-state index in [1.54, 1.807) is 0 Å². The van der Waals surface area contributed by atoms with Crippen molar-refractivity contribution < 1.29 is 0 Å². The van der Waals surface area contributed by atoms with Gasteiger partial charge in [-0.05, 0) is 79.4 Å². The first-order chi connectivity index (χ1) is 31.3. The highest BCUT2D eigenvalue weighted by molar-refractivity contribution is 7.21. The van der Waals surface area contributed by atoms with E-state index in [1.807, 2.05) is 0 Å². The van der Waals surface area contributed by atoms with Gasteiger partial charge in [-0.1, -0.05) is 218 Å². The second-order valence-electron chi connectivity index (χ2n) is 16.4. The molecular formula is C60H42N2Si. The molecule has 0 N–H and O–H groups in total. The molecule has 0 aliphatic rings. The molecule has 0 amide bonds. The molecule has 0 aliphatic heterocycles. The molecule has 2 aromatic heterocycles. The lowest BCUT2D eigenvalue weighted by Crippen LogP contribution is -2.75. The largest absolute Gasteiger partial charge is 0.307 e. The average Bonchev–Trinajstić information content (AvgIpc) is 3.89. The summed E-state index contributed by atoms with van der Waals surface area (Å²) < 4.78 is 5.05. The van der Waals surface area contributed by atoms with Gasteiger partial charge in [-0.3, -0.25) is 0 Å². The first-order valence-electron chi connectivity index (χ1n) is 21.8. The number of benzene rings is 10. The highest BCUT2D eigenvalue weighted by Crippen LogP contribution is 2.43. The van der Waals surface area contributed by atoms with E-state index in [2.05, 4.69) is 264 Å². The Morgan fingerprint density at radius 3 is 1.35 bits per heavy atom. The predicted molar refractivity (Wildman–Crippen MR) is 270 cm³/mol. The van der Waals surface area contributed by atoms with Gasteiger partial charge >= 0.3 is 0 Å². The van der Waals surface area contributed by atoms with Gasteiger partial charge in [0, 0.05) is 27.2 Å². The molecule has 10 aromatic carbocycles. The Morgan fingerprint density at radius 1 is 0.286 bits per heavy atom. The van der Waals surface area contributed by atoms with Gasteiger partial charge in [0.15, 0.2) is 8.07 Å². The second-order valence-corrected chi connectivity index (χ2v) is 20.1. The second kappa shape index (κ2) is 15.2. The average molecular weight is 819 g/mol. The number of aromatic nitrogens is 2. The molecule has 2 heterocycles. The summed E-state index contributed by atoms with van der Waals surface area (Å²) in [4.78, 5) is 0. The van der Waals surface area contributed by atoms with Gasteiger partial charge in [-0.15, -0.1) is 0 Å². The Labute approximate surface area is 368 Å². The molecule has 3 heteroatoms. The third kappa shape index (κ3) is 5.71. The minimum absolute atomic E-state index is 1.14. The zero-order chi connectivity index (χ0) is 41.7. The van der Waals surface area contributed by atoms with E-state index in [1.165, 1.54) is 86.6 Å². The highest BCUT2D eigenvalue weighted by atomic mass is 28.3. The van der Waals surface area contributed by atoms with Crippen molar-refractivity contribution in [2.45, 2.75) is 0 Å². The molecule has 296 valence electrons. The molecule has 0 saturated heterocycles. The number of fused-ring (bicyclic) bond motifs is 6. The molecule has 0 atom stereocenters. The van der Waals surface area contributed by atoms with Gasteiger partial charge in [0.25, 0.3) is 0 Å². The lowest BCUT2D eigenvalue weighted by molar-refractivity contribution is 1.13. The number of nitrogens with zero attached hydrogens (tertiary/aromatic N) is 2. The van der Waals surface area contributed by atoms with Crippen molar-refractivity contribution in [2.75, 3.05) is 0 Å². The summed E-state index contributed by atoms with van der Waals surface area (Å²) in [5, 5.41) is 10.4. The van der Waals surface area contributed by atoms with E-state index in [0.717, 1.165) is 11.4 Å². The van der Waals surface area contributed by atoms with E-state index in [4.69, 9.17) is 0 Å². The summed E-state index contributed by atoms with van der Waals surface area (Å²) in [5.41, 5.74) is 11.9. The topological polar surface area (TPSA) is 9.86 Å². The van der Waals surface area contributed by atoms with Crippen molar-refractivity contribution in [1.29, 1.82) is 0 Å². The Hall–Kier alpha value is -7.98. The van der Waals surface area contributed by atoms with Crippen LogP contribution in [0.5, 0.6) is 0 Å². The van der Waals surface area contributed by atoms with Gasteiger partial charge < -0.3 is 9.13 Å². The molecule has 63 heavy (non-hydrogen) atoms. The van der Waals surface area contributed by atoms with E-state index >= 15 is 0 Å². The van der Waals surface area contributed by atoms with Crippen molar-refractivity contribution in [3.05, 3.63) is 255 Å². The van der Waals surface area contributed by atoms with Crippen LogP contribution in [0.4, 0.5) is 0 Å². The van der Waals surface area contributed by atoms with Gasteiger partial charge in [0.05, 0.1) is 27.8 Å². The van der Waals surface area contributed by atoms with Crippen molar-refractivity contribution in [2.24, 2.45) is 0 Å². The first-order valence-corrected chi connectivity index (χ1v) is 23.8. The zero-order valence-electron chi connectivity index (χ0n) is 34.6. The number of hydrogen-bond donors (Lipinski definition) is 0. The van der Waals surface area contributed by atoms with Crippen LogP contribution in [-0.4, -0.2) is 17.2 Å². The Bertz CT molecular complexity index is 3480. The maximum Gasteiger partial charge on any atom is 0.180 e. The fourth-order valence-corrected chi connectivity index (χ4v) is 15.7. The summed E-state index contributed by atoms with van der Waals surface area (Å²) in [5.74, 6) is 0. The molecule has 0 spiro atoms. The molecule has 0 fully saturated rings. The maximum atomic E-state index is 2.58. The number of hydrogen-bond acceptors (Lipinski definition) is 0. The molecule has 12 aromatic rings. The van der Waals surface area contributed by atoms with Crippen molar-refractivity contribution >= 4 is 72.4 Å². The highest BCUT2D eigenvalue weighted by Gasteiger charge is 2.45. The summed E-state index contributed by atoms with van der Waals surface area (Å²) in [6.45, 7) is 0. The first kappa shape index (κ1) is 36.8. The Balaban J connectivity index is 1.36. The summed E-state index contributed by atoms with van der Waals surface area (Å²) in [6, 6.07) is 94.5. The molecule has 2 nitrogen and oxygen atoms in total. The van der Waals surface area contributed by atoms with E-state index in [0.29, 0.717) is 0 Å². The lowest BCUT2D eigenvalue weighted by atomic mass is 9.97. The molecule has 0 saturated carbocycles. The minimum atomic E-state index is -3.18. The van der Waals surface area contributed by atoms with Crippen LogP contribution in [0.3, 0.4) is 0 Å². The van der Waals surface area contributed by atoms with Crippen molar-refractivity contribution in [3.8, 4) is 33.6 Å². The van der Waals surface area contributed by atoms with Gasteiger partial charge in [0.1, 0.15) is 0 Å². The van der Waals surface area contributed by atoms with Crippen LogP contribution in [0.15, 0.2) is 255 Å². The monoisotopic (exact) mass is 818 g/mol. The molecule has 0 radical (unpaired) electrons. The standard InChI is InChI=1S/C60H42N2Si/c1-7-23-43(24-8-1)49-36-21-39-54-57(49)58-55(62(54)56-40-22-37-52-51-35-19-20-38-53(51)61(59(52)56)45-27-11-3-12-28-45)42-41-50(44-25-9-2-10-26-44)60(58)63(46-29-13-4-14-30-46,47-31-15-5-16-32-47)48-33-17-6-18-34-48/h1-42H.